The molecule has 2 atom stereocenters. The van der Waals surface area contributed by atoms with Gasteiger partial charge in [-0.05, 0) is 13.1 Å². The molecule has 0 aromatic heterocycles. The van der Waals surface area contributed by atoms with Crippen molar-refractivity contribution in [3.8, 4) is 0 Å². The van der Waals surface area contributed by atoms with Crippen LogP contribution in [-0.4, -0.2) is 36.2 Å². The van der Waals surface area contributed by atoms with Crippen LogP contribution < -0.4 is 0 Å². The molecule has 5 heteroatoms. The number of nitrogens with zero attached hydrogens (tertiary/aromatic N) is 1. The Morgan fingerprint density at radius 2 is 1.31 bits per heavy atom. The van der Waals surface area contributed by atoms with Gasteiger partial charge in [0.05, 0.1) is 0 Å². The van der Waals surface area contributed by atoms with Gasteiger partial charge in [0, 0.05) is 6.61 Å². The Kier molecular flexibility index (Phi) is 34.5. The molecule has 190 valence electrons. The summed E-state index contributed by atoms with van der Waals surface area (Å²) < 4.78 is 0. The number of aliphatic hydroxyl groups is 1. The molecule has 0 aliphatic heterocycles. The molecule has 0 amide bonds. The van der Waals surface area contributed by atoms with Gasteiger partial charge in [-0.25, -0.2) is 0 Å². The van der Waals surface area contributed by atoms with E-state index in [2.05, 4.69) is 44.4 Å². The Morgan fingerprint density at radius 1 is 0.750 bits per heavy atom. The van der Waals surface area contributed by atoms with Crippen LogP contribution in [0.3, 0.4) is 0 Å². The predicted octanol–water partition coefficient (Wildman–Crippen LogP) is 6.86. The van der Waals surface area contributed by atoms with Crippen LogP contribution in [0.2, 0.25) is 0 Å². The Balaban J connectivity index is -0.000000411. The van der Waals surface area contributed by atoms with E-state index in [4.69, 9.17) is 5.11 Å². The second-order valence-electron chi connectivity index (χ2n) is 8.88. The van der Waals surface area contributed by atoms with E-state index in [1.165, 1.54) is 103 Å². The first-order valence-electron chi connectivity index (χ1n) is 12.5. The van der Waals surface area contributed by atoms with Crippen LogP contribution in [0.5, 0.6) is 0 Å². The maximum absolute atomic E-state index is 7.81. The van der Waals surface area contributed by atoms with Crippen LogP contribution in [-0.2, 0) is 55.2 Å². The molecule has 0 aromatic carbocycles. The third-order valence-electron chi connectivity index (χ3n) is 6.17. The molecule has 4 aliphatic carbocycles. The van der Waals surface area contributed by atoms with Crippen molar-refractivity contribution >= 4 is 0 Å². The smallest absolute Gasteiger partial charge is 0.399 e. The van der Waals surface area contributed by atoms with Gasteiger partial charge in [0.1, 0.15) is 0 Å². The largest absolute Gasteiger partial charge is 2.00 e. The topological polar surface area (TPSA) is 23.5 Å². The molecule has 2 nitrogen and oxygen atoms in total. The van der Waals surface area contributed by atoms with Gasteiger partial charge in [0.25, 0.3) is 0 Å². The van der Waals surface area contributed by atoms with E-state index in [1.54, 1.807) is 0 Å². The summed E-state index contributed by atoms with van der Waals surface area (Å²) in [5.74, 6) is 1.78. The van der Waals surface area contributed by atoms with Gasteiger partial charge >= 0.3 is 55.2 Å². The fourth-order valence-corrected chi connectivity index (χ4v) is 4.41. The minimum atomic E-state index is 0. The maximum Gasteiger partial charge on any atom is 2.00 e. The van der Waals surface area contributed by atoms with Crippen LogP contribution in [0.25, 0.3) is 0 Å². The first kappa shape index (κ1) is 38.2. The number of aliphatic hydroxyl groups excluding tert-OH is 1. The molecule has 0 bridgehead atoms. The fraction of sp³-hybridized carbons (Fsp3) is 0.778. The molecular formula is C27H49Fe2NOW. The second kappa shape index (κ2) is 28.9. The van der Waals surface area contributed by atoms with Gasteiger partial charge < -0.3 is 49.5 Å². The molecule has 4 rings (SSSR count). The Hall–Kier alpha value is 1.65. The summed E-state index contributed by atoms with van der Waals surface area (Å²) in [6.45, 7) is 11.2. The first-order valence-corrected chi connectivity index (χ1v) is 12.5. The minimum absolute atomic E-state index is 0. The van der Waals surface area contributed by atoms with E-state index in [1.807, 2.05) is 0 Å². The van der Waals surface area contributed by atoms with Crippen molar-refractivity contribution in [1.29, 1.82) is 0 Å². The summed E-state index contributed by atoms with van der Waals surface area (Å²) in [5.41, 5.74) is 0. The third-order valence-corrected chi connectivity index (χ3v) is 6.17. The van der Waals surface area contributed by atoms with Gasteiger partial charge in [0.2, 0.25) is 0 Å². The molecule has 0 saturated heterocycles. The molecule has 32 heavy (non-hydrogen) atoms. The Morgan fingerprint density at radius 3 is 1.62 bits per heavy atom. The average Bonchev–Trinajstić information content (AvgIpc) is 3.57. The van der Waals surface area contributed by atoms with E-state index in [9.17, 15) is 0 Å². The minimum Gasteiger partial charge on any atom is -0.399 e. The van der Waals surface area contributed by atoms with Crippen molar-refractivity contribution in [3.63, 3.8) is 0 Å². The van der Waals surface area contributed by atoms with E-state index in [0.29, 0.717) is 6.42 Å². The summed E-state index contributed by atoms with van der Waals surface area (Å²) >= 11 is 0. The fourth-order valence-electron chi connectivity index (χ4n) is 4.41. The van der Waals surface area contributed by atoms with E-state index < -0.39 is 0 Å². The van der Waals surface area contributed by atoms with Gasteiger partial charge in [0.15, 0.2) is 0 Å². The van der Waals surface area contributed by atoms with Gasteiger partial charge in [-0.3, -0.25) is 0 Å². The molecule has 4 saturated carbocycles. The van der Waals surface area contributed by atoms with Gasteiger partial charge in [-0.15, -0.1) is 6.54 Å². The van der Waals surface area contributed by atoms with E-state index in [0.717, 1.165) is 18.4 Å². The van der Waals surface area contributed by atoms with Gasteiger partial charge in [-0.2, -0.15) is 57.3 Å². The average molecular weight is 699 g/mol. The molecular weight excluding hydrogens is 650 g/mol. The molecule has 0 spiro atoms. The third kappa shape index (κ3) is 22.1. The number of rotatable bonds is 6. The summed E-state index contributed by atoms with van der Waals surface area (Å²) in [6, 6.07) is 0. The molecule has 0 aromatic rings. The monoisotopic (exact) mass is 699 g/mol. The summed E-state index contributed by atoms with van der Waals surface area (Å²) in [4.78, 5) is 2.57. The van der Waals surface area contributed by atoms with Gasteiger partial charge in [-0.1, -0.05) is 50.9 Å². The van der Waals surface area contributed by atoms with Crippen LogP contribution in [0.15, 0.2) is 0 Å². The van der Waals surface area contributed by atoms with Crippen LogP contribution in [0.4, 0.5) is 0 Å². The zero-order chi connectivity index (χ0) is 21.0. The molecule has 4 fully saturated rings. The van der Waals surface area contributed by atoms with Crippen molar-refractivity contribution in [3.05, 3.63) is 39.5 Å². The van der Waals surface area contributed by atoms with E-state index >= 15 is 0 Å². The normalized spacial score (nSPS) is 23.2. The summed E-state index contributed by atoms with van der Waals surface area (Å²) in [6.07, 6.45) is 29.8. The Bertz CT molecular complexity index is 284. The van der Waals surface area contributed by atoms with Crippen molar-refractivity contribution in [1.82, 2.24) is 4.90 Å². The van der Waals surface area contributed by atoms with Crippen molar-refractivity contribution in [2.24, 2.45) is 11.8 Å². The van der Waals surface area contributed by atoms with E-state index in [-0.39, 0.29) is 61.8 Å². The van der Waals surface area contributed by atoms with Crippen LogP contribution in [0, 0.1) is 51.4 Å². The second-order valence-corrected chi connectivity index (χ2v) is 8.88. The molecule has 0 heterocycles. The quantitative estimate of drug-likeness (QED) is 0.242. The zero-order valence-corrected chi connectivity index (χ0v) is 25.5. The molecule has 1 N–H and O–H groups in total. The van der Waals surface area contributed by atoms with Crippen molar-refractivity contribution in [2.45, 2.75) is 96.3 Å². The SMILES string of the molecule is [CH-]1CCCC1.[CH-]1CCCC1.[CH2-]CCO.[CH2-]CN(CC1[CH-]CCC1)CC1C[CH-]CC1.[Fe+2].[Fe+2].[W+2]. The van der Waals surface area contributed by atoms with Crippen LogP contribution >= 0.6 is 0 Å². The maximum atomic E-state index is 7.81. The van der Waals surface area contributed by atoms with Crippen molar-refractivity contribution in [2.75, 3.05) is 26.2 Å². The first-order chi connectivity index (χ1) is 14.3. The zero-order valence-electron chi connectivity index (χ0n) is 20.3. The number of hydrogen-bond donors (Lipinski definition) is 1. The van der Waals surface area contributed by atoms with Crippen molar-refractivity contribution < 1.29 is 60.3 Å². The van der Waals surface area contributed by atoms with Crippen LogP contribution in [0.1, 0.15) is 96.3 Å². The molecule has 4 aliphatic rings. The summed E-state index contributed by atoms with van der Waals surface area (Å²) in [5, 5.41) is 7.81. The summed E-state index contributed by atoms with van der Waals surface area (Å²) in [7, 11) is 0. The number of hydrogen-bond acceptors (Lipinski definition) is 2. The standard InChI is InChI=1S/C14H24N.2C5H9.C3H7O.2Fe.W/c1-2-15(11-13-7-3-4-8-13)12-14-9-5-6-10-14;2*1-2-4-5-3-1;1-2-3-4;;;/h3,9,13-14H,1-2,4-8,10-12H2;2*1H,2-5H2;4H,1-3H2;;;/q-3;3*-1;3*+2. The molecule has 2 unspecified atom stereocenters. The Labute approximate surface area is 237 Å². The predicted molar refractivity (Wildman–Crippen MR) is 128 cm³/mol. The molecule has 0 radical (unpaired) electrons.